The molecule has 118 valence electrons. The van der Waals surface area contributed by atoms with Gasteiger partial charge in [0, 0.05) is 18.3 Å². The van der Waals surface area contributed by atoms with E-state index in [1.807, 2.05) is 12.1 Å². The van der Waals surface area contributed by atoms with Crippen LogP contribution < -0.4 is 10.6 Å². The van der Waals surface area contributed by atoms with Gasteiger partial charge < -0.3 is 10.6 Å². The zero-order chi connectivity index (χ0) is 15.9. The molecular formula is C18H26N4. The lowest BCUT2D eigenvalue weighted by molar-refractivity contribution is 0.606. The summed E-state index contributed by atoms with van der Waals surface area (Å²) in [5, 5.41) is 6.75. The smallest absolute Gasteiger partial charge is 0.135 e. The van der Waals surface area contributed by atoms with Gasteiger partial charge in [-0.1, -0.05) is 45.9 Å². The predicted molar refractivity (Wildman–Crippen MR) is 93.8 cm³/mol. The molecule has 0 unspecified atom stereocenters. The van der Waals surface area contributed by atoms with Crippen molar-refractivity contribution in [2.75, 3.05) is 17.2 Å². The summed E-state index contributed by atoms with van der Waals surface area (Å²) in [6, 6.07) is 10.3. The van der Waals surface area contributed by atoms with Crippen LogP contribution in [0.2, 0.25) is 0 Å². The third kappa shape index (κ3) is 4.72. The molecule has 4 heteroatoms. The molecule has 4 nitrogen and oxygen atoms in total. The van der Waals surface area contributed by atoms with Crippen LogP contribution in [-0.4, -0.2) is 16.5 Å². The molecule has 0 aliphatic carbocycles. The second-order valence-corrected chi connectivity index (χ2v) is 6.26. The van der Waals surface area contributed by atoms with Gasteiger partial charge in [-0.3, -0.25) is 0 Å². The van der Waals surface area contributed by atoms with Gasteiger partial charge in [-0.2, -0.15) is 0 Å². The Hall–Kier alpha value is -2.10. The van der Waals surface area contributed by atoms with E-state index in [0.717, 1.165) is 30.3 Å². The molecule has 0 spiro atoms. The highest BCUT2D eigenvalue weighted by Gasteiger charge is 2.07. The maximum absolute atomic E-state index is 4.32. The fraction of sp³-hybridized carbons (Fsp3) is 0.444. The fourth-order valence-corrected chi connectivity index (χ4v) is 2.26. The van der Waals surface area contributed by atoms with Crippen molar-refractivity contribution in [2.24, 2.45) is 5.92 Å². The van der Waals surface area contributed by atoms with Gasteiger partial charge in [0.2, 0.25) is 0 Å². The summed E-state index contributed by atoms with van der Waals surface area (Å²) in [6.07, 6.45) is 2.72. The SMILES string of the molecule is CC(C)CCNc1cc(Nc2ccccc2C(C)C)ncn1. The quantitative estimate of drug-likeness (QED) is 0.770. The molecule has 0 fully saturated rings. The number of aromatic nitrogens is 2. The van der Waals surface area contributed by atoms with E-state index in [2.05, 4.69) is 66.5 Å². The first-order chi connectivity index (χ1) is 10.6. The molecule has 0 atom stereocenters. The van der Waals surface area contributed by atoms with E-state index >= 15 is 0 Å². The Bertz CT molecular complexity index is 593. The first-order valence-corrected chi connectivity index (χ1v) is 7.98. The van der Waals surface area contributed by atoms with Gasteiger partial charge in [-0.25, -0.2) is 9.97 Å². The first-order valence-electron chi connectivity index (χ1n) is 7.98. The summed E-state index contributed by atoms with van der Waals surface area (Å²) >= 11 is 0. The number of anilines is 3. The molecule has 2 N–H and O–H groups in total. The Morgan fingerprint density at radius 2 is 1.73 bits per heavy atom. The molecule has 2 rings (SSSR count). The van der Waals surface area contributed by atoms with Crippen molar-refractivity contribution in [1.29, 1.82) is 0 Å². The van der Waals surface area contributed by atoms with E-state index in [1.54, 1.807) is 6.33 Å². The van der Waals surface area contributed by atoms with Crippen LogP contribution in [0.1, 0.15) is 45.6 Å². The number of hydrogen-bond donors (Lipinski definition) is 2. The molecule has 0 aliphatic rings. The zero-order valence-corrected chi connectivity index (χ0v) is 13.9. The van der Waals surface area contributed by atoms with Crippen molar-refractivity contribution in [3.8, 4) is 0 Å². The highest BCUT2D eigenvalue weighted by atomic mass is 15.1. The monoisotopic (exact) mass is 298 g/mol. The molecule has 1 aromatic carbocycles. The molecule has 1 heterocycles. The van der Waals surface area contributed by atoms with Crippen LogP contribution in [0.15, 0.2) is 36.7 Å². The van der Waals surface area contributed by atoms with Crippen LogP contribution in [0, 0.1) is 5.92 Å². The molecule has 0 saturated carbocycles. The van der Waals surface area contributed by atoms with Gasteiger partial charge in [0.05, 0.1) is 0 Å². The van der Waals surface area contributed by atoms with E-state index in [-0.39, 0.29) is 0 Å². The topological polar surface area (TPSA) is 49.8 Å². The molecule has 0 bridgehead atoms. The molecule has 0 aliphatic heterocycles. The van der Waals surface area contributed by atoms with Gasteiger partial charge in [0.15, 0.2) is 0 Å². The molecular weight excluding hydrogens is 272 g/mol. The first kappa shape index (κ1) is 16.3. The summed E-state index contributed by atoms with van der Waals surface area (Å²) < 4.78 is 0. The van der Waals surface area contributed by atoms with Gasteiger partial charge in [-0.05, 0) is 29.9 Å². The Balaban J connectivity index is 2.07. The summed E-state index contributed by atoms with van der Waals surface area (Å²) in [5.41, 5.74) is 2.39. The van der Waals surface area contributed by atoms with Gasteiger partial charge in [0.25, 0.3) is 0 Å². The van der Waals surface area contributed by atoms with Crippen LogP contribution in [0.5, 0.6) is 0 Å². The Kier molecular flexibility index (Phi) is 5.75. The third-order valence-electron chi connectivity index (χ3n) is 3.54. The number of hydrogen-bond acceptors (Lipinski definition) is 4. The van der Waals surface area contributed by atoms with E-state index < -0.39 is 0 Å². The van der Waals surface area contributed by atoms with Crippen LogP contribution in [-0.2, 0) is 0 Å². The van der Waals surface area contributed by atoms with Crippen molar-refractivity contribution in [3.63, 3.8) is 0 Å². The second kappa shape index (κ2) is 7.78. The van der Waals surface area contributed by atoms with Crippen LogP contribution in [0.4, 0.5) is 17.3 Å². The largest absolute Gasteiger partial charge is 0.370 e. The fourth-order valence-electron chi connectivity index (χ4n) is 2.26. The number of para-hydroxylation sites is 1. The van der Waals surface area contributed by atoms with Crippen LogP contribution in [0.25, 0.3) is 0 Å². The summed E-state index contributed by atoms with van der Waals surface area (Å²) in [7, 11) is 0. The van der Waals surface area contributed by atoms with Gasteiger partial charge in [0.1, 0.15) is 18.0 Å². The maximum Gasteiger partial charge on any atom is 0.135 e. The molecule has 0 amide bonds. The third-order valence-corrected chi connectivity index (χ3v) is 3.54. The van der Waals surface area contributed by atoms with Crippen LogP contribution >= 0.6 is 0 Å². The number of nitrogens with zero attached hydrogens (tertiary/aromatic N) is 2. The van der Waals surface area contributed by atoms with Crippen molar-refractivity contribution >= 4 is 17.3 Å². The second-order valence-electron chi connectivity index (χ2n) is 6.26. The Labute approximate surface area is 133 Å². The van der Waals surface area contributed by atoms with E-state index in [9.17, 15) is 0 Å². The lowest BCUT2D eigenvalue weighted by atomic mass is 10.0. The number of benzene rings is 1. The van der Waals surface area contributed by atoms with Crippen molar-refractivity contribution in [3.05, 3.63) is 42.2 Å². The minimum Gasteiger partial charge on any atom is -0.370 e. The summed E-state index contributed by atoms with van der Waals surface area (Å²) in [6.45, 7) is 9.75. The van der Waals surface area contributed by atoms with Crippen molar-refractivity contribution in [2.45, 2.75) is 40.0 Å². The standard InChI is InChI=1S/C18H26N4/c1-13(2)9-10-19-17-11-18(21-12-20-17)22-16-8-6-5-7-15(16)14(3)4/h5-8,11-14H,9-10H2,1-4H3,(H2,19,20,21,22). The molecule has 1 aromatic heterocycles. The minimum absolute atomic E-state index is 0.467. The summed E-state index contributed by atoms with van der Waals surface area (Å²) in [4.78, 5) is 8.59. The molecule has 0 saturated heterocycles. The van der Waals surface area contributed by atoms with Crippen molar-refractivity contribution < 1.29 is 0 Å². The average molecular weight is 298 g/mol. The lowest BCUT2D eigenvalue weighted by Crippen LogP contribution is -2.07. The molecule has 22 heavy (non-hydrogen) atoms. The Morgan fingerprint density at radius 3 is 2.45 bits per heavy atom. The molecule has 0 radical (unpaired) electrons. The predicted octanol–water partition coefficient (Wildman–Crippen LogP) is 4.80. The zero-order valence-electron chi connectivity index (χ0n) is 13.9. The van der Waals surface area contributed by atoms with Crippen molar-refractivity contribution in [1.82, 2.24) is 9.97 Å². The van der Waals surface area contributed by atoms with Gasteiger partial charge >= 0.3 is 0 Å². The van der Waals surface area contributed by atoms with Gasteiger partial charge in [-0.15, -0.1) is 0 Å². The highest BCUT2D eigenvalue weighted by molar-refractivity contribution is 5.63. The van der Waals surface area contributed by atoms with Crippen LogP contribution in [0.3, 0.4) is 0 Å². The normalized spacial score (nSPS) is 11.0. The number of rotatable bonds is 7. The van der Waals surface area contributed by atoms with E-state index in [1.165, 1.54) is 5.56 Å². The highest BCUT2D eigenvalue weighted by Crippen LogP contribution is 2.26. The number of nitrogens with one attached hydrogen (secondary N) is 2. The maximum atomic E-state index is 4.32. The van der Waals surface area contributed by atoms with E-state index in [4.69, 9.17) is 0 Å². The minimum atomic E-state index is 0.467. The summed E-state index contributed by atoms with van der Waals surface area (Å²) in [5.74, 6) is 2.83. The average Bonchev–Trinajstić information content (AvgIpc) is 2.47. The lowest BCUT2D eigenvalue weighted by Gasteiger charge is -2.14. The molecule has 2 aromatic rings. The van der Waals surface area contributed by atoms with E-state index in [0.29, 0.717) is 11.8 Å². The Morgan fingerprint density at radius 1 is 1.00 bits per heavy atom.